The number of halogens is 1. The van der Waals surface area contributed by atoms with Gasteiger partial charge in [0.15, 0.2) is 5.96 Å². The highest BCUT2D eigenvalue weighted by molar-refractivity contribution is 14.0. The summed E-state index contributed by atoms with van der Waals surface area (Å²) in [6, 6.07) is 0.226. The Bertz CT molecular complexity index is 680. The lowest BCUT2D eigenvalue weighted by Crippen LogP contribution is -2.41. The summed E-state index contributed by atoms with van der Waals surface area (Å²) in [5.41, 5.74) is 1.18. The van der Waals surface area contributed by atoms with Gasteiger partial charge in [0.1, 0.15) is 5.01 Å². The van der Waals surface area contributed by atoms with Crippen LogP contribution < -0.4 is 10.6 Å². The van der Waals surface area contributed by atoms with Gasteiger partial charge in [0.2, 0.25) is 0 Å². The second-order valence-corrected chi connectivity index (χ2v) is 7.28. The predicted octanol–water partition coefficient (Wildman–Crippen LogP) is 2.42. The van der Waals surface area contributed by atoms with Crippen LogP contribution in [0.2, 0.25) is 0 Å². The molecule has 9 heteroatoms. The molecule has 26 heavy (non-hydrogen) atoms. The van der Waals surface area contributed by atoms with Crippen LogP contribution in [0.15, 0.2) is 23.6 Å². The summed E-state index contributed by atoms with van der Waals surface area (Å²) in [6.45, 7) is 6.39. The third kappa shape index (κ3) is 6.84. The van der Waals surface area contributed by atoms with Gasteiger partial charge in [-0.05, 0) is 27.4 Å². The molecule has 0 amide bonds. The van der Waals surface area contributed by atoms with Gasteiger partial charge in [-0.3, -0.25) is 4.68 Å². The largest absolute Gasteiger partial charge is 0.357 e. The highest BCUT2D eigenvalue weighted by Crippen LogP contribution is 2.16. The van der Waals surface area contributed by atoms with Gasteiger partial charge in [-0.2, -0.15) is 5.10 Å². The van der Waals surface area contributed by atoms with E-state index in [1.54, 1.807) is 11.3 Å². The highest BCUT2D eigenvalue weighted by atomic mass is 127. The van der Waals surface area contributed by atoms with Gasteiger partial charge < -0.3 is 15.5 Å². The monoisotopic (exact) mass is 491 g/mol. The van der Waals surface area contributed by atoms with Crippen LogP contribution in [0, 0.1) is 0 Å². The minimum absolute atomic E-state index is 0. The maximum atomic E-state index is 4.66. The fourth-order valence-corrected chi connectivity index (χ4v) is 3.26. The van der Waals surface area contributed by atoms with Gasteiger partial charge in [-0.1, -0.05) is 6.92 Å². The third-order valence-corrected chi connectivity index (χ3v) is 4.99. The van der Waals surface area contributed by atoms with Crippen molar-refractivity contribution in [1.29, 1.82) is 0 Å². The van der Waals surface area contributed by atoms with Crippen molar-refractivity contribution in [2.75, 3.05) is 27.2 Å². The molecule has 0 saturated carbocycles. The van der Waals surface area contributed by atoms with Crippen molar-refractivity contribution >= 4 is 41.3 Å². The van der Waals surface area contributed by atoms with Crippen molar-refractivity contribution in [2.24, 2.45) is 12.0 Å². The molecule has 146 valence electrons. The van der Waals surface area contributed by atoms with E-state index in [-0.39, 0.29) is 30.0 Å². The highest BCUT2D eigenvalue weighted by Gasteiger charge is 2.16. The number of nitrogens with one attached hydrogen (secondary N) is 2. The Morgan fingerprint density at radius 1 is 1.31 bits per heavy atom. The zero-order chi connectivity index (χ0) is 18.2. The molecule has 0 aliphatic rings. The molecule has 7 nitrogen and oxygen atoms in total. The zero-order valence-corrected chi connectivity index (χ0v) is 19.3. The predicted molar refractivity (Wildman–Crippen MR) is 119 cm³/mol. The average Bonchev–Trinajstić information content (AvgIpc) is 3.21. The molecule has 0 radical (unpaired) electrons. The summed E-state index contributed by atoms with van der Waals surface area (Å²) in [5, 5.41) is 12.1. The number of thiazole rings is 1. The number of likely N-dealkylation sites (N-methyl/N-ethyl adjacent to an activating group) is 1. The first-order valence-electron chi connectivity index (χ1n) is 8.64. The molecule has 2 heterocycles. The van der Waals surface area contributed by atoms with Crippen LogP contribution in [0.4, 0.5) is 0 Å². The number of aryl methyl sites for hydroxylation is 2. The van der Waals surface area contributed by atoms with E-state index in [0.717, 1.165) is 30.5 Å². The molecule has 0 aromatic carbocycles. The molecule has 0 spiro atoms. The Hall–Kier alpha value is -1.20. The molecule has 0 aliphatic carbocycles. The summed E-state index contributed by atoms with van der Waals surface area (Å²) >= 11 is 1.73. The van der Waals surface area contributed by atoms with Gasteiger partial charge in [0.25, 0.3) is 0 Å². The topological polar surface area (TPSA) is 70.4 Å². The van der Waals surface area contributed by atoms with Gasteiger partial charge in [-0.15, -0.1) is 35.3 Å². The molecule has 2 aromatic heterocycles. The lowest BCUT2D eigenvalue weighted by Gasteiger charge is -2.24. The Morgan fingerprint density at radius 2 is 2.08 bits per heavy atom. The first-order chi connectivity index (χ1) is 12.0. The van der Waals surface area contributed by atoms with E-state index in [1.165, 1.54) is 10.4 Å². The van der Waals surface area contributed by atoms with Crippen molar-refractivity contribution < 1.29 is 0 Å². The first-order valence-corrected chi connectivity index (χ1v) is 9.45. The van der Waals surface area contributed by atoms with E-state index < -0.39 is 0 Å². The van der Waals surface area contributed by atoms with Crippen LogP contribution in [0.5, 0.6) is 0 Å². The molecule has 0 fully saturated rings. The second-order valence-electron chi connectivity index (χ2n) is 6.08. The number of guanidine groups is 1. The van der Waals surface area contributed by atoms with Crippen molar-refractivity contribution in [3.8, 4) is 0 Å². The van der Waals surface area contributed by atoms with Gasteiger partial charge in [0.05, 0.1) is 18.8 Å². The first kappa shape index (κ1) is 22.8. The maximum Gasteiger partial charge on any atom is 0.191 e. The van der Waals surface area contributed by atoms with E-state index in [0.29, 0.717) is 6.54 Å². The average molecular weight is 491 g/mol. The van der Waals surface area contributed by atoms with Gasteiger partial charge in [-0.25, -0.2) is 9.98 Å². The number of hydrogen-bond donors (Lipinski definition) is 2. The van der Waals surface area contributed by atoms with Gasteiger partial charge >= 0.3 is 0 Å². The smallest absolute Gasteiger partial charge is 0.191 e. The standard InChI is InChI=1S/C17H29N7S.HI/c1-6-14-9-19-16(25-14)11-21-17(18-7-2)20-10-15(23(3)4)13-8-22-24(5)12-13;/h8-9,12,15H,6-7,10-11H2,1-5H3,(H2,18,20,21);1H. The van der Waals surface area contributed by atoms with Crippen LogP contribution in [0.25, 0.3) is 0 Å². The van der Waals surface area contributed by atoms with Crippen molar-refractivity contribution in [3.05, 3.63) is 34.0 Å². The molecular weight excluding hydrogens is 461 g/mol. The molecule has 0 bridgehead atoms. The second kappa shape index (κ2) is 11.5. The molecular formula is C17H30IN7S. The van der Waals surface area contributed by atoms with Crippen LogP contribution in [-0.4, -0.2) is 52.8 Å². The third-order valence-electron chi connectivity index (χ3n) is 3.86. The van der Waals surface area contributed by atoms with E-state index in [4.69, 9.17) is 0 Å². The van der Waals surface area contributed by atoms with Crippen molar-refractivity contribution in [2.45, 2.75) is 32.9 Å². The van der Waals surface area contributed by atoms with E-state index in [2.05, 4.69) is 64.7 Å². The minimum atomic E-state index is 0. The Labute approximate surface area is 177 Å². The fourth-order valence-electron chi connectivity index (χ4n) is 2.48. The van der Waals surface area contributed by atoms with E-state index >= 15 is 0 Å². The van der Waals surface area contributed by atoms with E-state index in [9.17, 15) is 0 Å². The summed E-state index contributed by atoms with van der Waals surface area (Å²) in [6.07, 6.45) is 6.94. The Morgan fingerprint density at radius 3 is 2.62 bits per heavy atom. The van der Waals surface area contributed by atoms with E-state index in [1.807, 2.05) is 24.1 Å². The van der Waals surface area contributed by atoms with Crippen LogP contribution in [0.1, 0.15) is 35.3 Å². The quantitative estimate of drug-likeness (QED) is 0.337. The summed E-state index contributed by atoms with van der Waals surface area (Å²) in [4.78, 5) is 12.6. The summed E-state index contributed by atoms with van der Waals surface area (Å²) < 4.78 is 1.83. The minimum Gasteiger partial charge on any atom is -0.357 e. The lowest BCUT2D eigenvalue weighted by atomic mass is 10.1. The number of aliphatic imine (C=N–C) groups is 1. The summed E-state index contributed by atoms with van der Waals surface area (Å²) in [5.74, 6) is 0.812. The van der Waals surface area contributed by atoms with Crippen LogP contribution in [0.3, 0.4) is 0 Å². The fraction of sp³-hybridized carbons (Fsp3) is 0.588. The Kier molecular flexibility index (Phi) is 10.1. The molecule has 1 atom stereocenters. The molecule has 2 aromatic rings. The normalized spacial score (nSPS) is 12.8. The number of aromatic nitrogens is 3. The molecule has 0 saturated heterocycles. The van der Waals surface area contributed by atoms with Crippen LogP contribution in [-0.2, 0) is 20.0 Å². The number of rotatable bonds is 8. The van der Waals surface area contributed by atoms with Crippen LogP contribution >= 0.6 is 35.3 Å². The lowest BCUT2D eigenvalue weighted by molar-refractivity contribution is 0.298. The van der Waals surface area contributed by atoms with Crippen molar-refractivity contribution in [1.82, 2.24) is 30.3 Å². The number of nitrogens with zero attached hydrogens (tertiary/aromatic N) is 5. The van der Waals surface area contributed by atoms with Crippen molar-refractivity contribution in [3.63, 3.8) is 0 Å². The molecule has 0 aliphatic heterocycles. The summed E-state index contributed by atoms with van der Waals surface area (Å²) in [7, 11) is 6.09. The van der Waals surface area contributed by atoms with Gasteiger partial charge in [0, 0.05) is 43.0 Å². The zero-order valence-electron chi connectivity index (χ0n) is 16.2. The number of hydrogen-bond acceptors (Lipinski definition) is 5. The molecule has 1 unspecified atom stereocenters. The SMILES string of the molecule is CCNC(=NCc1ncc(CC)s1)NCC(c1cnn(C)c1)N(C)C.I. The Balaban J connectivity index is 0.00000338. The maximum absolute atomic E-state index is 4.66. The molecule has 2 rings (SSSR count). The molecule has 2 N–H and O–H groups in total.